The average Bonchev–Trinajstić information content (AvgIpc) is 2.88. The van der Waals surface area contributed by atoms with Gasteiger partial charge in [-0.15, -0.1) is 0 Å². The lowest BCUT2D eigenvalue weighted by Gasteiger charge is -2.26. The van der Waals surface area contributed by atoms with Crippen molar-refractivity contribution in [2.75, 3.05) is 26.3 Å². The van der Waals surface area contributed by atoms with Crippen molar-refractivity contribution in [1.82, 2.24) is 14.7 Å². The molecule has 0 radical (unpaired) electrons. The molecule has 1 aromatic carbocycles. The second-order valence-electron chi connectivity index (χ2n) is 5.89. The lowest BCUT2D eigenvalue weighted by Crippen LogP contribution is -2.40. The minimum atomic E-state index is 0.208. The first-order valence-electron chi connectivity index (χ1n) is 8.13. The molecular weight excluding hydrogens is 290 g/mol. The van der Waals surface area contributed by atoms with E-state index in [0.29, 0.717) is 32.7 Å². The lowest BCUT2D eigenvalue weighted by molar-refractivity contribution is -0.135. The van der Waals surface area contributed by atoms with Crippen LogP contribution in [0.2, 0.25) is 0 Å². The Hall–Kier alpha value is -2.14. The van der Waals surface area contributed by atoms with Crippen LogP contribution >= 0.6 is 0 Å². The molecule has 0 bridgehead atoms. The maximum absolute atomic E-state index is 12.3. The van der Waals surface area contributed by atoms with Gasteiger partial charge in [-0.05, 0) is 38.0 Å². The predicted octanol–water partition coefficient (Wildman–Crippen LogP) is 2.28. The Morgan fingerprint density at radius 3 is 2.57 bits per heavy atom. The first kappa shape index (κ1) is 15.7. The normalized spacial score (nSPS) is 15.0. The Bertz CT molecular complexity index is 673. The molecule has 2 aromatic rings. The monoisotopic (exact) mass is 313 g/mol. The molecule has 0 unspecified atom stereocenters. The molecule has 0 aliphatic carbocycles. The first-order valence-corrected chi connectivity index (χ1v) is 8.13. The zero-order valence-electron chi connectivity index (χ0n) is 13.8. The highest BCUT2D eigenvalue weighted by Crippen LogP contribution is 2.19. The van der Waals surface area contributed by atoms with Gasteiger partial charge < -0.3 is 9.64 Å². The van der Waals surface area contributed by atoms with Gasteiger partial charge >= 0.3 is 0 Å². The van der Waals surface area contributed by atoms with Crippen molar-refractivity contribution in [2.45, 2.75) is 26.7 Å². The molecule has 1 aliphatic rings. The molecule has 1 fully saturated rings. The Morgan fingerprint density at radius 1 is 1.17 bits per heavy atom. The molecule has 0 atom stereocenters. The van der Waals surface area contributed by atoms with Gasteiger partial charge in [0, 0.05) is 25.2 Å². The summed E-state index contributed by atoms with van der Waals surface area (Å²) in [6.45, 7) is 6.80. The third kappa shape index (κ3) is 3.45. The van der Waals surface area contributed by atoms with E-state index in [1.54, 1.807) is 0 Å². The van der Waals surface area contributed by atoms with Gasteiger partial charge in [-0.1, -0.05) is 18.2 Å². The summed E-state index contributed by atoms with van der Waals surface area (Å²) in [5.74, 6) is 0.208. The Morgan fingerprint density at radius 2 is 1.87 bits per heavy atom. The van der Waals surface area contributed by atoms with Crippen molar-refractivity contribution in [3.05, 3.63) is 47.3 Å². The number of carbonyl (C=O) groups excluding carboxylic acids is 1. The van der Waals surface area contributed by atoms with Crippen molar-refractivity contribution < 1.29 is 9.53 Å². The summed E-state index contributed by atoms with van der Waals surface area (Å²) in [6, 6.07) is 10.1. The van der Waals surface area contributed by atoms with Crippen LogP contribution in [0.1, 0.15) is 23.4 Å². The fourth-order valence-corrected chi connectivity index (χ4v) is 3.06. The molecule has 5 nitrogen and oxygen atoms in total. The van der Waals surface area contributed by atoms with E-state index in [-0.39, 0.29) is 5.91 Å². The van der Waals surface area contributed by atoms with E-state index in [4.69, 9.17) is 4.74 Å². The molecule has 1 aromatic heterocycles. The lowest BCUT2D eigenvalue weighted by atomic mass is 10.1. The number of rotatable bonds is 4. The number of carbonyl (C=O) groups is 1. The van der Waals surface area contributed by atoms with Gasteiger partial charge in [0.05, 0.1) is 24.6 Å². The summed E-state index contributed by atoms with van der Waals surface area (Å²) in [6.07, 6.45) is 1.27. The number of amides is 1. The van der Waals surface area contributed by atoms with Crippen LogP contribution in [0, 0.1) is 13.8 Å². The minimum absolute atomic E-state index is 0.208. The molecular formula is C18H23N3O2. The molecule has 0 spiro atoms. The van der Waals surface area contributed by atoms with Crippen molar-refractivity contribution in [3.63, 3.8) is 0 Å². The summed E-state index contributed by atoms with van der Waals surface area (Å²) in [5.41, 5.74) is 4.35. The number of ether oxygens (including phenoxy) is 1. The van der Waals surface area contributed by atoms with E-state index in [9.17, 15) is 4.79 Å². The number of aryl methyl sites for hydroxylation is 1. The summed E-state index contributed by atoms with van der Waals surface area (Å²) >= 11 is 0. The Kier molecular flexibility index (Phi) is 4.76. The SMILES string of the molecule is Cc1nn(-c2ccccc2)c(C)c1CCC(=O)N1CCOCC1. The summed E-state index contributed by atoms with van der Waals surface area (Å²) in [5, 5.41) is 4.64. The van der Waals surface area contributed by atoms with Crippen LogP contribution in [-0.2, 0) is 16.0 Å². The van der Waals surface area contributed by atoms with Crippen molar-refractivity contribution in [2.24, 2.45) is 0 Å². The number of morpholine rings is 1. The molecule has 2 heterocycles. The Labute approximate surface area is 136 Å². The second kappa shape index (κ2) is 6.96. The molecule has 1 amide bonds. The molecule has 122 valence electrons. The van der Waals surface area contributed by atoms with Crippen LogP contribution in [0.3, 0.4) is 0 Å². The number of benzene rings is 1. The molecule has 0 saturated carbocycles. The maximum Gasteiger partial charge on any atom is 0.223 e. The van der Waals surface area contributed by atoms with E-state index < -0.39 is 0 Å². The first-order chi connectivity index (χ1) is 11.2. The van der Waals surface area contributed by atoms with Crippen molar-refractivity contribution >= 4 is 5.91 Å². The fourth-order valence-electron chi connectivity index (χ4n) is 3.06. The molecule has 5 heteroatoms. The standard InChI is InChI=1S/C18H23N3O2/c1-14-17(8-9-18(22)20-10-12-23-13-11-20)15(2)21(19-14)16-6-4-3-5-7-16/h3-7H,8-13H2,1-2H3. The van der Waals surface area contributed by atoms with Gasteiger partial charge in [0.25, 0.3) is 0 Å². The summed E-state index contributed by atoms with van der Waals surface area (Å²) in [7, 11) is 0. The van der Waals surface area contributed by atoms with Crippen LogP contribution < -0.4 is 0 Å². The summed E-state index contributed by atoms with van der Waals surface area (Å²) in [4.78, 5) is 14.2. The third-order valence-corrected chi connectivity index (χ3v) is 4.39. The molecule has 3 rings (SSSR count). The number of hydrogen-bond acceptors (Lipinski definition) is 3. The van der Waals surface area contributed by atoms with Crippen LogP contribution in [0.25, 0.3) is 5.69 Å². The van der Waals surface area contributed by atoms with E-state index in [0.717, 1.165) is 23.5 Å². The van der Waals surface area contributed by atoms with Gasteiger partial charge in [-0.2, -0.15) is 5.10 Å². The van der Waals surface area contributed by atoms with E-state index in [1.807, 2.05) is 46.8 Å². The highest BCUT2D eigenvalue weighted by Gasteiger charge is 2.19. The Balaban J connectivity index is 1.71. The van der Waals surface area contributed by atoms with Crippen LogP contribution in [0.15, 0.2) is 30.3 Å². The highest BCUT2D eigenvalue weighted by atomic mass is 16.5. The minimum Gasteiger partial charge on any atom is -0.378 e. The molecule has 1 aliphatic heterocycles. The average molecular weight is 313 g/mol. The highest BCUT2D eigenvalue weighted by molar-refractivity contribution is 5.76. The number of nitrogens with zero attached hydrogens (tertiary/aromatic N) is 3. The molecule has 0 N–H and O–H groups in total. The zero-order chi connectivity index (χ0) is 16.2. The number of hydrogen-bond donors (Lipinski definition) is 0. The molecule has 1 saturated heterocycles. The van der Waals surface area contributed by atoms with E-state index in [2.05, 4.69) is 12.0 Å². The fraction of sp³-hybridized carbons (Fsp3) is 0.444. The smallest absolute Gasteiger partial charge is 0.223 e. The van der Waals surface area contributed by atoms with E-state index in [1.165, 1.54) is 5.56 Å². The van der Waals surface area contributed by atoms with Gasteiger partial charge in [0.1, 0.15) is 0 Å². The molecule has 23 heavy (non-hydrogen) atoms. The van der Waals surface area contributed by atoms with Gasteiger partial charge in [-0.3, -0.25) is 4.79 Å². The van der Waals surface area contributed by atoms with Crippen LogP contribution in [0.5, 0.6) is 0 Å². The van der Waals surface area contributed by atoms with Crippen LogP contribution in [0.4, 0.5) is 0 Å². The largest absolute Gasteiger partial charge is 0.378 e. The maximum atomic E-state index is 12.3. The topological polar surface area (TPSA) is 47.4 Å². The van der Waals surface area contributed by atoms with Gasteiger partial charge in [0.15, 0.2) is 0 Å². The van der Waals surface area contributed by atoms with Gasteiger partial charge in [0.2, 0.25) is 5.91 Å². The zero-order valence-corrected chi connectivity index (χ0v) is 13.8. The third-order valence-electron chi connectivity index (χ3n) is 4.39. The van der Waals surface area contributed by atoms with Gasteiger partial charge in [-0.25, -0.2) is 4.68 Å². The van der Waals surface area contributed by atoms with Crippen molar-refractivity contribution in [3.8, 4) is 5.69 Å². The number of para-hydroxylation sites is 1. The van der Waals surface area contributed by atoms with Crippen molar-refractivity contribution in [1.29, 1.82) is 0 Å². The van der Waals surface area contributed by atoms with E-state index >= 15 is 0 Å². The number of aromatic nitrogens is 2. The van der Waals surface area contributed by atoms with Crippen LogP contribution in [-0.4, -0.2) is 46.9 Å². The quantitative estimate of drug-likeness (QED) is 0.870. The predicted molar refractivity (Wildman–Crippen MR) is 88.8 cm³/mol. The second-order valence-corrected chi connectivity index (χ2v) is 5.89. The summed E-state index contributed by atoms with van der Waals surface area (Å²) < 4.78 is 7.26.